The number of hydrogen-bond donors (Lipinski definition) is 3. The van der Waals surface area contributed by atoms with Crippen molar-refractivity contribution >= 4 is 45.5 Å². The summed E-state index contributed by atoms with van der Waals surface area (Å²) in [4.78, 5) is 13.4. The monoisotopic (exact) mass is 518 g/mol. The number of nitrogens with zero attached hydrogens (tertiary/aromatic N) is 4. The Labute approximate surface area is 203 Å². The molecule has 14 heteroatoms. The molecule has 2 aromatic carbocycles. The second-order valence-corrected chi connectivity index (χ2v) is 9.48. The Morgan fingerprint density at radius 1 is 1.03 bits per heavy atom. The van der Waals surface area contributed by atoms with E-state index < -0.39 is 16.0 Å². The summed E-state index contributed by atoms with van der Waals surface area (Å²) in [6.07, 6.45) is 1.48. The van der Waals surface area contributed by atoms with E-state index in [1.165, 1.54) is 40.0 Å². The minimum Gasteiger partial charge on any atom is -0.493 e. The molecule has 0 atom stereocenters. The number of aromatic nitrogens is 2. The maximum absolute atomic E-state index is 13.1. The van der Waals surface area contributed by atoms with Gasteiger partial charge in [-0.3, -0.25) is 9.35 Å². The summed E-state index contributed by atoms with van der Waals surface area (Å²) in [6, 6.07) is 11.7. The average Bonchev–Trinajstić information content (AvgIpc) is 3.27. The van der Waals surface area contributed by atoms with Gasteiger partial charge in [0.1, 0.15) is 0 Å². The second kappa shape index (κ2) is 9.61. The van der Waals surface area contributed by atoms with Crippen LogP contribution in [0.5, 0.6) is 5.88 Å². The number of carbonyl (C=O) groups is 1. The molecule has 35 heavy (non-hydrogen) atoms. The molecule has 12 nitrogen and oxygen atoms in total. The quantitative estimate of drug-likeness (QED) is 0.139. The first kappa shape index (κ1) is 24.6. The molecule has 1 aliphatic rings. The van der Waals surface area contributed by atoms with Crippen LogP contribution in [0.2, 0.25) is 0 Å². The third-order valence-electron chi connectivity index (χ3n) is 5.05. The Bertz CT molecular complexity index is 1450. The summed E-state index contributed by atoms with van der Waals surface area (Å²) in [6.45, 7) is 3.30. The van der Waals surface area contributed by atoms with E-state index >= 15 is 0 Å². The van der Waals surface area contributed by atoms with Crippen LogP contribution in [0.25, 0.3) is 11.8 Å². The van der Waals surface area contributed by atoms with Gasteiger partial charge in [0.2, 0.25) is 5.88 Å². The summed E-state index contributed by atoms with van der Waals surface area (Å²) in [7, 11) is -4.36. The molecule has 3 N–H and O–H groups in total. The van der Waals surface area contributed by atoms with Crippen molar-refractivity contribution in [1.29, 1.82) is 0 Å². The van der Waals surface area contributed by atoms with Gasteiger partial charge < -0.3 is 5.11 Å². The molecule has 0 unspecified atom stereocenters. The number of carbonyl (C=O) groups excluding carboxylic acids is 1. The normalized spacial score (nSPS) is 15.2. The van der Waals surface area contributed by atoms with Crippen molar-refractivity contribution in [3.05, 3.63) is 65.4 Å². The van der Waals surface area contributed by atoms with E-state index in [2.05, 4.69) is 19.6 Å². The third kappa shape index (κ3) is 4.97. The van der Waals surface area contributed by atoms with E-state index in [-0.39, 0.29) is 21.9 Å². The van der Waals surface area contributed by atoms with Crippen LogP contribution in [0, 0.1) is 6.92 Å². The van der Waals surface area contributed by atoms with Crippen LogP contribution >= 0.6 is 12.0 Å². The zero-order valence-electron chi connectivity index (χ0n) is 18.2. The standard InChI is InChI=1S/C21H18N4O8S2/c1-12-18(20(26)24(22-12)14-3-7-16(8-4-14)34-33-32-28)11-19-13(2)23-25(21(19)27)15-5-9-17(10-6-15)35(29,30)31/h3-11,27-28H,1-2H3,(H,29,30,31)/b18-11-. The van der Waals surface area contributed by atoms with Crippen LogP contribution in [-0.2, 0) is 24.3 Å². The largest absolute Gasteiger partial charge is 0.493 e. The maximum atomic E-state index is 13.1. The van der Waals surface area contributed by atoms with E-state index in [9.17, 15) is 18.3 Å². The number of benzene rings is 2. The molecule has 1 aliphatic heterocycles. The number of hydrogen-bond acceptors (Lipinski definition) is 10. The van der Waals surface area contributed by atoms with Gasteiger partial charge in [-0.15, -0.1) is 4.33 Å². The van der Waals surface area contributed by atoms with Gasteiger partial charge in [0.15, 0.2) is 0 Å². The van der Waals surface area contributed by atoms with Crippen molar-refractivity contribution in [1.82, 2.24) is 9.78 Å². The third-order valence-corrected chi connectivity index (χ3v) is 6.52. The second-order valence-electron chi connectivity index (χ2n) is 7.28. The number of aromatic hydroxyl groups is 1. The number of rotatable bonds is 7. The van der Waals surface area contributed by atoms with E-state index in [4.69, 9.17) is 9.81 Å². The van der Waals surface area contributed by atoms with Crippen LogP contribution in [0.4, 0.5) is 5.69 Å². The summed E-state index contributed by atoms with van der Waals surface area (Å²) in [5, 5.41) is 32.4. The topological polar surface area (TPSA) is 164 Å². The fourth-order valence-corrected chi connectivity index (χ4v) is 4.17. The Kier molecular flexibility index (Phi) is 6.75. The molecule has 1 amide bonds. The highest BCUT2D eigenvalue weighted by Gasteiger charge is 2.30. The smallest absolute Gasteiger partial charge is 0.294 e. The predicted octanol–water partition coefficient (Wildman–Crippen LogP) is 3.37. The molecule has 0 fully saturated rings. The highest BCUT2D eigenvalue weighted by Crippen LogP contribution is 2.31. The molecule has 0 bridgehead atoms. The first-order valence-electron chi connectivity index (χ1n) is 9.83. The van der Waals surface area contributed by atoms with Crippen LogP contribution in [0.3, 0.4) is 0 Å². The van der Waals surface area contributed by atoms with E-state index in [1.54, 1.807) is 38.1 Å². The first-order valence-corrected chi connectivity index (χ1v) is 12.0. The molecule has 3 aromatic rings. The van der Waals surface area contributed by atoms with Gasteiger partial charge in [0.05, 0.1) is 50.9 Å². The first-order chi connectivity index (χ1) is 16.6. The molecule has 1 aromatic heterocycles. The van der Waals surface area contributed by atoms with Gasteiger partial charge in [-0.25, -0.2) is 9.94 Å². The van der Waals surface area contributed by atoms with Crippen LogP contribution < -0.4 is 5.01 Å². The molecule has 0 aliphatic carbocycles. The number of aryl methyl sites for hydroxylation is 1. The van der Waals surface area contributed by atoms with Crippen LogP contribution in [0.1, 0.15) is 18.2 Å². The molecule has 182 valence electrons. The summed E-state index contributed by atoms with van der Waals surface area (Å²) in [5.74, 6) is -0.678. The van der Waals surface area contributed by atoms with Gasteiger partial charge in [-0.05, 0) is 68.5 Å². The number of amides is 1. The zero-order valence-corrected chi connectivity index (χ0v) is 19.8. The summed E-state index contributed by atoms with van der Waals surface area (Å²) < 4.78 is 37.2. The Hall–Kier alpha value is -3.53. The van der Waals surface area contributed by atoms with Crippen molar-refractivity contribution in [3.63, 3.8) is 0 Å². The molecule has 0 saturated heterocycles. The lowest BCUT2D eigenvalue weighted by molar-refractivity contribution is -0.432. The van der Waals surface area contributed by atoms with Crippen molar-refractivity contribution in [2.45, 2.75) is 23.6 Å². The molecule has 4 rings (SSSR count). The van der Waals surface area contributed by atoms with Crippen molar-refractivity contribution < 1.29 is 37.5 Å². The fourth-order valence-electron chi connectivity index (χ4n) is 3.34. The van der Waals surface area contributed by atoms with E-state index in [1.807, 2.05) is 0 Å². The number of hydrazone groups is 1. The Morgan fingerprint density at radius 2 is 1.66 bits per heavy atom. The average molecular weight is 519 g/mol. The lowest BCUT2D eigenvalue weighted by Crippen LogP contribution is -2.21. The molecule has 0 radical (unpaired) electrons. The fraction of sp³-hybridized carbons (Fsp3) is 0.0952. The highest BCUT2D eigenvalue weighted by atomic mass is 32.2. The van der Waals surface area contributed by atoms with Crippen molar-refractivity contribution in [3.8, 4) is 11.6 Å². The van der Waals surface area contributed by atoms with Crippen molar-refractivity contribution in [2.75, 3.05) is 5.01 Å². The lowest BCUT2D eigenvalue weighted by atomic mass is 10.1. The van der Waals surface area contributed by atoms with Gasteiger partial charge in [0.25, 0.3) is 16.0 Å². The van der Waals surface area contributed by atoms with Crippen LogP contribution in [0.15, 0.2) is 69.0 Å². The minimum atomic E-state index is -4.36. The van der Waals surface area contributed by atoms with E-state index in [0.717, 1.165) is 12.0 Å². The van der Waals surface area contributed by atoms with Crippen LogP contribution in [-0.4, -0.2) is 44.7 Å². The summed E-state index contributed by atoms with van der Waals surface area (Å²) >= 11 is 0.779. The number of anilines is 1. The molecule has 2 heterocycles. The van der Waals surface area contributed by atoms with Crippen molar-refractivity contribution in [2.24, 2.45) is 5.10 Å². The highest BCUT2D eigenvalue weighted by molar-refractivity contribution is 7.94. The molecular formula is C21H18N4O8S2. The molecule has 0 spiro atoms. The zero-order chi connectivity index (χ0) is 25.3. The minimum absolute atomic E-state index is 0.250. The van der Waals surface area contributed by atoms with Gasteiger partial charge in [-0.1, -0.05) is 5.04 Å². The Morgan fingerprint density at radius 3 is 2.26 bits per heavy atom. The summed E-state index contributed by atoms with van der Waals surface area (Å²) in [5.41, 5.74) is 2.22. The molecule has 0 saturated carbocycles. The Balaban J connectivity index is 1.62. The van der Waals surface area contributed by atoms with Gasteiger partial charge in [-0.2, -0.15) is 23.6 Å². The van der Waals surface area contributed by atoms with E-state index in [0.29, 0.717) is 27.7 Å². The molecular weight excluding hydrogens is 500 g/mol. The van der Waals surface area contributed by atoms with Gasteiger partial charge in [0, 0.05) is 4.90 Å². The SMILES string of the molecule is CC1=NN(c2ccc(SOOO)cc2)C(=O)/C1=C\c1c(C)nn(-c2ccc(S(=O)(=O)O)cc2)c1O. The maximum Gasteiger partial charge on any atom is 0.294 e. The van der Waals surface area contributed by atoms with Gasteiger partial charge >= 0.3 is 0 Å². The lowest BCUT2D eigenvalue weighted by Gasteiger charge is -2.12. The predicted molar refractivity (Wildman–Crippen MR) is 125 cm³/mol.